The Labute approximate surface area is 169 Å². The minimum Gasteiger partial charge on any atom is -0.490 e. The fourth-order valence-corrected chi connectivity index (χ4v) is 4.35. The maximum Gasteiger partial charge on any atom is 0.161 e. The summed E-state index contributed by atoms with van der Waals surface area (Å²) in [6, 6.07) is 6.32. The predicted octanol–water partition coefficient (Wildman–Crippen LogP) is 4.25. The molecule has 0 bridgehead atoms. The molecule has 0 spiro atoms. The van der Waals surface area contributed by atoms with Gasteiger partial charge in [0.05, 0.1) is 24.9 Å². The first-order chi connectivity index (χ1) is 13.6. The van der Waals surface area contributed by atoms with Crippen LogP contribution in [0.5, 0.6) is 11.5 Å². The summed E-state index contributed by atoms with van der Waals surface area (Å²) < 4.78 is 13.5. The highest BCUT2D eigenvalue weighted by atomic mass is 32.1. The Balaban J connectivity index is 1.56. The van der Waals surface area contributed by atoms with Crippen LogP contribution >= 0.6 is 11.3 Å². The predicted molar refractivity (Wildman–Crippen MR) is 111 cm³/mol. The quantitative estimate of drug-likeness (QED) is 0.672. The summed E-state index contributed by atoms with van der Waals surface area (Å²) in [4.78, 5) is 4.64. The summed E-state index contributed by atoms with van der Waals surface area (Å²) >= 11 is 1.72. The molecule has 2 aromatic heterocycles. The molecule has 1 N–H and O–H groups in total. The number of rotatable bonds is 6. The molecule has 0 saturated heterocycles. The standard InChI is InChI=1S/C21H26N4O2S/c1-4-17(21-23-14(2)13-28-21)22-11-16-12-25(3)24-20(16)15-6-7-18-19(10-15)27-9-5-8-26-18/h6-7,10,12-13,17,22H,4-5,8-9,11H2,1-3H3. The van der Waals surface area contributed by atoms with Crippen LogP contribution in [-0.4, -0.2) is 28.0 Å². The van der Waals surface area contributed by atoms with Gasteiger partial charge in [-0.2, -0.15) is 5.10 Å². The highest BCUT2D eigenvalue weighted by molar-refractivity contribution is 7.09. The minimum absolute atomic E-state index is 0.246. The van der Waals surface area contributed by atoms with E-state index in [9.17, 15) is 0 Å². The molecule has 4 rings (SSSR count). The molecule has 1 aromatic carbocycles. The van der Waals surface area contributed by atoms with E-state index in [1.165, 1.54) is 0 Å². The zero-order valence-corrected chi connectivity index (χ0v) is 17.4. The largest absolute Gasteiger partial charge is 0.490 e. The molecule has 6 nitrogen and oxygen atoms in total. The monoisotopic (exact) mass is 398 g/mol. The summed E-state index contributed by atoms with van der Waals surface area (Å²) in [6.45, 7) is 6.32. The van der Waals surface area contributed by atoms with Gasteiger partial charge in [-0.05, 0) is 31.5 Å². The third kappa shape index (κ3) is 4.05. The van der Waals surface area contributed by atoms with Crippen LogP contribution in [0.1, 0.15) is 42.1 Å². The second-order valence-electron chi connectivity index (χ2n) is 7.06. The topological polar surface area (TPSA) is 61.2 Å². The normalized spacial score (nSPS) is 14.7. The van der Waals surface area contributed by atoms with Crippen molar-refractivity contribution in [2.45, 2.75) is 39.3 Å². The van der Waals surface area contributed by atoms with Crippen molar-refractivity contribution in [2.75, 3.05) is 13.2 Å². The summed E-state index contributed by atoms with van der Waals surface area (Å²) in [5.41, 5.74) is 4.24. The number of ether oxygens (including phenoxy) is 2. The van der Waals surface area contributed by atoms with Gasteiger partial charge < -0.3 is 14.8 Å². The average molecular weight is 399 g/mol. The lowest BCUT2D eigenvalue weighted by molar-refractivity contribution is 0.297. The number of aromatic nitrogens is 3. The van der Waals surface area contributed by atoms with E-state index in [4.69, 9.17) is 14.6 Å². The molecule has 0 fully saturated rings. The molecular formula is C21H26N4O2S. The van der Waals surface area contributed by atoms with Crippen molar-refractivity contribution >= 4 is 11.3 Å². The van der Waals surface area contributed by atoms with Crippen molar-refractivity contribution in [3.63, 3.8) is 0 Å². The molecule has 0 amide bonds. The second-order valence-corrected chi connectivity index (χ2v) is 7.95. The molecule has 1 unspecified atom stereocenters. The highest BCUT2D eigenvalue weighted by Crippen LogP contribution is 2.35. The van der Waals surface area contributed by atoms with Gasteiger partial charge in [0.2, 0.25) is 0 Å². The van der Waals surface area contributed by atoms with Crippen LogP contribution in [0.4, 0.5) is 0 Å². The van der Waals surface area contributed by atoms with Crippen LogP contribution in [0.25, 0.3) is 11.3 Å². The Morgan fingerprint density at radius 2 is 2.07 bits per heavy atom. The van der Waals surface area contributed by atoms with Crippen molar-refractivity contribution < 1.29 is 9.47 Å². The summed E-state index contributed by atoms with van der Waals surface area (Å²) in [5.74, 6) is 1.60. The lowest BCUT2D eigenvalue weighted by atomic mass is 10.1. The van der Waals surface area contributed by atoms with Crippen molar-refractivity contribution in [3.8, 4) is 22.8 Å². The Bertz CT molecular complexity index is 950. The minimum atomic E-state index is 0.246. The number of hydrogen-bond acceptors (Lipinski definition) is 6. The number of aryl methyl sites for hydroxylation is 2. The number of hydrogen-bond donors (Lipinski definition) is 1. The molecule has 28 heavy (non-hydrogen) atoms. The number of nitrogens with one attached hydrogen (secondary N) is 1. The molecule has 1 aliphatic heterocycles. The third-order valence-corrected chi connectivity index (χ3v) is 5.88. The van der Waals surface area contributed by atoms with E-state index in [2.05, 4.69) is 34.9 Å². The fourth-order valence-electron chi connectivity index (χ4n) is 3.39. The molecule has 7 heteroatoms. The van der Waals surface area contributed by atoms with E-state index in [-0.39, 0.29) is 6.04 Å². The Kier molecular flexibility index (Phi) is 5.64. The smallest absolute Gasteiger partial charge is 0.161 e. The van der Waals surface area contributed by atoms with Crippen LogP contribution in [-0.2, 0) is 13.6 Å². The second kappa shape index (κ2) is 8.32. The third-order valence-electron chi connectivity index (χ3n) is 4.81. The molecule has 148 valence electrons. The average Bonchev–Trinajstić information content (AvgIpc) is 3.20. The van der Waals surface area contributed by atoms with Gasteiger partial charge in [-0.25, -0.2) is 4.98 Å². The molecule has 1 atom stereocenters. The molecule has 1 aliphatic rings. The van der Waals surface area contributed by atoms with E-state index in [1.54, 1.807) is 11.3 Å². The molecule has 0 aliphatic carbocycles. The van der Waals surface area contributed by atoms with Crippen molar-refractivity contribution in [2.24, 2.45) is 7.05 Å². The Hall–Kier alpha value is -2.38. The van der Waals surface area contributed by atoms with Crippen LogP contribution in [0.15, 0.2) is 29.8 Å². The molecule has 3 aromatic rings. The molecule has 0 radical (unpaired) electrons. The highest BCUT2D eigenvalue weighted by Gasteiger charge is 2.18. The van der Waals surface area contributed by atoms with Gasteiger partial charge in [-0.1, -0.05) is 6.92 Å². The number of fused-ring (bicyclic) bond motifs is 1. The lowest BCUT2D eigenvalue weighted by Gasteiger charge is -2.14. The van der Waals surface area contributed by atoms with Crippen LogP contribution in [0, 0.1) is 6.92 Å². The first-order valence-electron chi connectivity index (χ1n) is 9.72. The number of nitrogens with zero attached hydrogens (tertiary/aromatic N) is 3. The van der Waals surface area contributed by atoms with Gasteiger partial charge in [-0.3, -0.25) is 4.68 Å². The van der Waals surface area contributed by atoms with Gasteiger partial charge in [-0.15, -0.1) is 11.3 Å². The van der Waals surface area contributed by atoms with Gasteiger partial charge in [0.25, 0.3) is 0 Å². The van der Waals surface area contributed by atoms with E-state index in [1.807, 2.05) is 30.8 Å². The van der Waals surface area contributed by atoms with E-state index < -0.39 is 0 Å². The van der Waals surface area contributed by atoms with Crippen LogP contribution < -0.4 is 14.8 Å². The molecule has 3 heterocycles. The van der Waals surface area contributed by atoms with E-state index in [0.29, 0.717) is 13.2 Å². The maximum absolute atomic E-state index is 5.85. The van der Waals surface area contributed by atoms with Crippen molar-refractivity contribution in [1.82, 2.24) is 20.1 Å². The Morgan fingerprint density at radius 3 is 2.82 bits per heavy atom. The van der Waals surface area contributed by atoms with Gasteiger partial charge in [0.15, 0.2) is 11.5 Å². The van der Waals surface area contributed by atoms with Crippen molar-refractivity contribution in [1.29, 1.82) is 0 Å². The SMILES string of the molecule is CCC(NCc1cn(C)nc1-c1ccc2c(c1)OCCCO2)c1nc(C)cs1. The zero-order valence-electron chi connectivity index (χ0n) is 16.6. The van der Waals surface area contributed by atoms with E-state index >= 15 is 0 Å². The first-order valence-corrected chi connectivity index (χ1v) is 10.6. The number of thiazole rings is 1. The zero-order chi connectivity index (χ0) is 19.5. The summed E-state index contributed by atoms with van der Waals surface area (Å²) in [5, 5.41) is 11.6. The Morgan fingerprint density at radius 1 is 1.25 bits per heavy atom. The van der Waals surface area contributed by atoms with Crippen molar-refractivity contribution in [3.05, 3.63) is 46.0 Å². The first kappa shape index (κ1) is 19.0. The van der Waals surface area contributed by atoms with E-state index in [0.717, 1.165) is 58.4 Å². The van der Waals surface area contributed by atoms with Gasteiger partial charge in [0.1, 0.15) is 5.01 Å². The van der Waals surface area contributed by atoms with Crippen LogP contribution in [0.2, 0.25) is 0 Å². The van der Waals surface area contributed by atoms with Crippen LogP contribution in [0.3, 0.4) is 0 Å². The summed E-state index contributed by atoms with van der Waals surface area (Å²) in [6.07, 6.45) is 3.97. The lowest BCUT2D eigenvalue weighted by Crippen LogP contribution is -2.20. The fraction of sp³-hybridized carbons (Fsp3) is 0.429. The number of benzene rings is 1. The van der Waals surface area contributed by atoms with Gasteiger partial charge in [0, 0.05) is 48.4 Å². The molecule has 0 saturated carbocycles. The summed E-state index contributed by atoms with van der Waals surface area (Å²) in [7, 11) is 1.96. The van der Waals surface area contributed by atoms with Gasteiger partial charge >= 0.3 is 0 Å². The molecular weight excluding hydrogens is 372 g/mol. The maximum atomic E-state index is 5.85.